The van der Waals surface area contributed by atoms with Gasteiger partial charge in [0.2, 0.25) is 0 Å². The first kappa shape index (κ1) is 27.0. The minimum Gasteiger partial charge on any atom is -0.481 e. The molecule has 0 saturated heterocycles. The van der Waals surface area contributed by atoms with Crippen LogP contribution in [0.2, 0.25) is 0 Å². The first-order chi connectivity index (χ1) is 19.1. The van der Waals surface area contributed by atoms with Gasteiger partial charge < -0.3 is 10.1 Å². The number of carboxylic acids is 1. The lowest BCUT2D eigenvalue weighted by molar-refractivity contribution is -0.137. The fourth-order valence-electron chi connectivity index (χ4n) is 5.70. The van der Waals surface area contributed by atoms with Crippen molar-refractivity contribution < 1.29 is 19.9 Å². The normalized spacial score (nSPS) is 13.0. The highest BCUT2D eigenvalue weighted by Gasteiger charge is 2.28. The number of carbonyl (C=O) groups excluding carboxylic acids is 1. The van der Waals surface area contributed by atoms with E-state index in [0.29, 0.717) is 21.7 Å². The number of hydrogen-bond donors (Lipinski definition) is 3. The molecular weight excluding hydrogens is 508 g/mol. The third-order valence-corrected chi connectivity index (χ3v) is 7.54. The molecule has 0 aliphatic rings. The van der Waals surface area contributed by atoms with E-state index in [1.54, 1.807) is 54.0 Å². The fourth-order valence-corrected chi connectivity index (χ4v) is 5.70. The highest BCUT2D eigenvalue weighted by molar-refractivity contribution is 5.97. The molecule has 206 valence electrons. The molecule has 0 fully saturated rings. The Morgan fingerprint density at radius 1 is 1.00 bits per heavy atom. The summed E-state index contributed by atoms with van der Waals surface area (Å²) in [4.78, 5) is 42.6. The molecule has 3 aromatic carbocycles. The van der Waals surface area contributed by atoms with Gasteiger partial charge in [0, 0.05) is 34.8 Å². The molecule has 9 nitrogen and oxygen atoms in total. The lowest BCUT2D eigenvalue weighted by Crippen LogP contribution is -2.31. The summed E-state index contributed by atoms with van der Waals surface area (Å²) < 4.78 is 3.12. The Bertz CT molecular complexity index is 1800. The molecule has 5 rings (SSSR count). The van der Waals surface area contributed by atoms with Crippen LogP contribution in [0, 0.1) is 13.8 Å². The zero-order chi connectivity index (χ0) is 28.7. The van der Waals surface area contributed by atoms with Crippen molar-refractivity contribution in [2.45, 2.75) is 46.2 Å². The van der Waals surface area contributed by atoms with Crippen LogP contribution >= 0.6 is 0 Å². The molecular formula is C31H32N4O5. The largest absolute Gasteiger partial charge is 0.481 e. The van der Waals surface area contributed by atoms with Gasteiger partial charge in [-0.15, -0.1) is 0 Å². The Morgan fingerprint density at radius 3 is 2.40 bits per heavy atom. The van der Waals surface area contributed by atoms with Gasteiger partial charge in [-0.25, -0.2) is 9.86 Å². The number of benzene rings is 3. The van der Waals surface area contributed by atoms with Gasteiger partial charge in [-0.3, -0.25) is 23.9 Å². The number of aromatic nitrogens is 3. The van der Waals surface area contributed by atoms with Gasteiger partial charge in [0.15, 0.2) is 0 Å². The Kier molecular flexibility index (Phi) is 7.08. The van der Waals surface area contributed by atoms with Crippen molar-refractivity contribution in [3.63, 3.8) is 0 Å². The molecule has 2 aromatic heterocycles. The van der Waals surface area contributed by atoms with Gasteiger partial charge in [0.25, 0.3) is 5.91 Å². The van der Waals surface area contributed by atoms with Gasteiger partial charge in [0.1, 0.15) is 0 Å². The Balaban J connectivity index is 1.80. The second kappa shape index (κ2) is 10.5. The molecule has 2 atom stereocenters. The van der Waals surface area contributed by atoms with E-state index in [2.05, 4.69) is 17.1 Å². The van der Waals surface area contributed by atoms with Crippen LogP contribution in [-0.4, -0.2) is 47.9 Å². The molecule has 9 heteroatoms. The summed E-state index contributed by atoms with van der Waals surface area (Å²) in [5.41, 5.74) is 5.53. The Labute approximate surface area is 230 Å². The maximum Gasteiger partial charge on any atom is 0.330 e. The molecule has 0 aliphatic carbocycles. The Hall–Kier alpha value is -4.63. The van der Waals surface area contributed by atoms with Crippen LogP contribution in [0.25, 0.3) is 21.9 Å². The number of imidazole rings is 1. The number of hydrogen-bond acceptors (Lipinski definition) is 4. The van der Waals surface area contributed by atoms with Gasteiger partial charge in [-0.05, 0) is 68.7 Å². The second-order valence-electron chi connectivity index (χ2n) is 10.2. The molecule has 0 bridgehead atoms. The number of nitrogens with zero attached hydrogens (tertiary/aromatic N) is 3. The van der Waals surface area contributed by atoms with E-state index in [1.165, 1.54) is 4.57 Å². The number of hydroxylamine groups is 2. The molecule has 0 saturated carbocycles. The number of aromatic amines is 1. The number of nitrogens with one attached hydrogen (secondary N) is 1. The van der Waals surface area contributed by atoms with E-state index in [-0.39, 0.29) is 18.5 Å². The first-order valence-corrected chi connectivity index (χ1v) is 13.2. The molecule has 1 amide bonds. The third-order valence-electron chi connectivity index (χ3n) is 7.54. The summed E-state index contributed by atoms with van der Waals surface area (Å²) >= 11 is 0. The summed E-state index contributed by atoms with van der Waals surface area (Å²) in [6.45, 7) is 7.75. The fraction of sp³-hybridized carbons (Fsp3) is 0.258. The van der Waals surface area contributed by atoms with Crippen LogP contribution in [0.1, 0.15) is 65.0 Å². The highest BCUT2D eigenvalue weighted by Crippen LogP contribution is 2.33. The van der Waals surface area contributed by atoms with Crippen molar-refractivity contribution in [1.29, 1.82) is 0 Å². The molecule has 2 unspecified atom stereocenters. The first-order valence-electron chi connectivity index (χ1n) is 13.2. The second-order valence-corrected chi connectivity index (χ2v) is 10.2. The highest BCUT2D eigenvalue weighted by atomic mass is 16.5. The van der Waals surface area contributed by atoms with Crippen molar-refractivity contribution in [3.8, 4) is 0 Å². The topological polar surface area (TPSA) is 121 Å². The lowest BCUT2D eigenvalue weighted by atomic mass is 10.0. The van der Waals surface area contributed by atoms with Gasteiger partial charge in [-0.2, -0.15) is 0 Å². The summed E-state index contributed by atoms with van der Waals surface area (Å²) in [7, 11) is 0. The van der Waals surface area contributed by atoms with E-state index in [1.807, 2.05) is 33.0 Å². The van der Waals surface area contributed by atoms with Crippen molar-refractivity contribution in [3.05, 3.63) is 105 Å². The standard InChI is InChI=1S/C31H32N4O5/c1-5-33(40)30(38)22-11-12-25-27(15-22)35(26(16-28(36)37)21-9-7-6-8-10-21)31(39)34(25)20(4)23-17-32-24-14-18(2)13-19(3)29(23)24/h6-15,17,20,26,32,40H,5,16H2,1-4H3,(H,36,37). The molecule has 0 spiro atoms. The third kappa shape index (κ3) is 4.58. The van der Waals surface area contributed by atoms with E-state index >= 15 is 0 Å². The van der Waals surface area contributed by atoms with E-state index in [0.717, 1.165) is 27.6 Å². The van der Waals surface area contributed by atoms with Gasteiger partial charge >= 0.3 is 11.7 Å². The van der Waals surface area contributed by atoms with Crippen LogP contribution in [-0.2, 0) is 4.79 Å². The zero-order valence-corrected chi connectivity index (χ0v) is 22.9. The minimum atomic E-state index is -1.06. The SMILES string of the molecule is CCN(O)C(=O)c1ccc2c(c1)n(C(CC(=O)O)c1ccccc1)c(=O)n2C(C)c1c[nH]c2cc(C)cc(C)c12. The molecule has 3 N–H and O–H groups in total. The van der Waals surface area contributed by atoms with Crippen molar-refractivity contribution in [2.24, 2.45) is 0 Å². The van der Waals surface area contributed by atoms with Crippen LogP contribution in [0.15, 0.2) is 71.7 Å². The lowest BCUT2D eigenvalue weighted by Gasteiger charge is -2.18. The van der Waals surface area contributed by atoms with Crippen molar-refractivity contribution in [1.82, 2.24) is 19.2 Å². The minimum absolute atomic E-state index is 0.0900. The zero-order valence-electron chi connectivity index (χ0n) is 22.9. The maximum absolute atomic E-state index is 14.3. The molecule has 2 heterocycles. The average molecular weight is 541 g/mol. The molecule has 40 heavy (non-hydrogen) atoms. The number of aliphatic carboxylic acids is 1. The van der Waals surface area contributed by atoms with E-state index in [9.17, 15) is 24.7 Å². The Morgan fingerprint density at radius 2 is 1.73 bits per heavy atom. The summed E-state index contributed by atoms with van der Waals surface area (Å²) in [5, 5.41) is 21.5. The van der Waals surface area contributed by atoms with Crippen molar-refractivity contribution in [2.75, 3.05) is 6.54 Å². The monoisotopic (exact) mass is 540 g/mol. The number of amides is 1. The number of fused-ring (bicyclic) bond motifs is 2. The van der Waals surface area contributed by atoms with Crippen LogP contribution in [0.3, 0.4) is 0 Å². The van der Waals surface area contributed by atoms with Crippen molar-refractivity contribution >= 4 is 33.8 Å². The average Bonchev–Trinajstić information content (AvgIpc) is 3.49. The predicted molar refractivity (Wildman–Crippen MR) is 153 cm³/mol. The quantitative estimate of drug-likeness (QED) is 0.179. The summed E-state index contributed by atoms with van der Waals surface area (Å²) in [6, 6.07) is 16.8. The van der Waals surface area contributed by atoms with Crippen LogP contribution in [0.5, 0.6) is 0 Å². The number of aryl methyl sites for hydroxylation is 2. The summed E-state index contributed by atoms with van der Waals surface area (Å²) in [5.74, 6) is -1.67. The molecule has 0 aliphatic heterocycles. The van der Waals surface area contributed by atoms with E-state index in [4.69, 9.17) is 0 Å². The van der Waals surface area contributed by atoms with Crippen LogP contribution < -0.4 is 5.69 Å². The number of carboxylic acid groups (broad SMARTS) is 1. The number of carbonyl (C=O) groups is 2. The molecule has 0 radical (unpaired) electrons. The van der Waals surface area contributed by atoms with Gasteiger partial charge in [-0.1, -0.05) is 36.4 Å². The van der Waals surface area contributed by atoms with Crippen LogP contribution in [0.4, 0.5) is 0 Å². The smallest absolute Gasteiger partial charge is 0.330 e. The number of rotatable bonds is 8. The van der Waals surface area contributed by atoms with Gasteiger partial charge in [0.05, 0.1) is 29.5 Å². The summed E-state index contributed by atoms with van der Waals surface area (Å²) in [6.07, 6.45) is 1.58. The molecule has 5 aromatic rings. The van der Waals surface area contributed by atoms with E-state index < -0.39 is 29.6 Å². The predicted octanol–water partition coefficient (Wildman–Crippen LogP) is 5.43. The number of H-pyrrole nitrogens is 1. The maximum atomic E-state index is 14.3.